The minimum atomic E-state index is -4.91. The zero-order valence-electron chi connectivity index (χ0n) is 19.3. The summed E-state index contributed by atoms with van der Waals surface area (Å²) in [6, 6.07) is 7.38. The number of aromatic amines is 1. The van der Waals surface area contributed by atoms with E-state index < -0.39 is 41.1 Å². The van der Waals surface area contributed by atoms with Gasteiger partial charge in [0.05, 0.1) is 16.9 Å². The summed E-state index contributed by atoms with van der Waals surface area (Å²) < 4.78 is 68.2. The molecular weight excluding hydrogens is 493 g/mol. The van der Waals surface area contributed by atoms with Crippen LogP contribution in [0.1, 0.15) is 45.5 Å². The van der Waals surface area contributed by atoms with E-state index in [4.69, 9.17) is 0 Å². The van der Waals surface area contributed by atoms with E-state index in [2.05, 4.69) is 15.3 Å². The second-order valence-corrected chi connectivity index (χ2v) is 8.93. The molecule has 2 aromatic heterocycles. The Hall–Kier alpha value is -4.08. The molecule has 5 rings (SSSR count). The molecule has 0 aliphatic heterocycles. The van der Waals surface area contributed by atoms with Gasteiger partial charge >= 0.3 is 6.18 Å². The minimum absolute atomic E-state index is 0.0808. The Morgan fingerprint density at radius 3 is 2.46 bits per heavy atom. The summed E-state index contributed by atoms with van der Waals surface area (Å²) in [5, 5.41) is 3.72. The van der Waals surface area contributed by atoms with Crippen molar-refractivity contribution in [2.75, 3.05) is 5.32 Å². The highest BCUT2D eigenvalue weighted by atomic mass is 19.4. The summed E-state index contributed by atoms with van der Waals surface area (Å²) in [7, 11) is 0. The molecular formula is C27H20F5N3O2. The Labute approximate surface area is 207 Å². The molecule has 2 N–H and O–H groups in total. The van der Waals surface area contributed by atoms with Crippen molar-refractivity contribution in [3.63, 3.8) is 0 Å². The van der Waals surface area contributed by atoms with Crippen LogP contribution in [0.15, 0.2) is 53.5 Å². The number of pyridine rings is 2. The smallest absolute Gasteiger partial charge is 0.352 e. The lowest BCUT2D eigenvalue weighted by Gasteiger charge is -2.19. The third kappa shape index (κ3) is 4.83. The van der Waals surface area contributed by atoms with Gasteiger partial charge in [-0.2, -0.15) is 13.2 Å². The molecule has 0 saturated heterocycles. The van der Waals surface area contributed by atoms with Gasteiger partial charge in [-0.15, -0.1) is 0 Å². The van der Waals surface area contributed by atoms with Crippen LogP contribution >= 0.6 is 0 Å². The maximum Gasteiger partial charge on any atom is 0.417 e. The SMILES string of the molecule is O=C(Cc1ccc(Nc2ccnc3[nH]c(=O)c4c(c23)CCCC4)c(F)c1)c1ccc(F)cc1C(F)(F)F. The molecule has 10 heteroatoms. The standard InChI is InChI=1S/C27H20F5N3O2/c28-15-6-7-18(19(13-15)27(30,31)32)23(36)12-14-5-8-21(20(29)11-14)34-22-9-10-33-25-24(22)16-3-1-2-4-17(16)26(37)35-25/h5-11,13H,1-4,12H2,(H2,33,34,35,37). The van der Waals surface area contributed by atoms with E-state index in [1.54, 1.807) is 6.07 Å². The second-order valence-electron chi connectivity index (χ2n) is 8.93. The number of halogens is 5. The predicted octanol–water partition coefficient (Wildman–Crippen LogP) is 6.27. The number of aryl methyl sites for hydroxylation is 1. The summed E-state index contributed by atoms with van der Waals surface area (Å²) in [5.41, 5.74) is 0.513. The van der Waals surface area contributed by atoms with E-state index >= 15 is 4.39 Å². The van der Waals surface area contributed by atoms with Crippen molar-refractivity contribution in [2.45, 2.75) is 38.3 Å². The van der Waals surface area contributed by atoms with E-state index in [1.807, 2.05) is 0 Å². The van der Waals surface area contributed by atoms with Gasteiger partial charge in [0.25, 0.3) is 5.56 Å². The predicted molar refractivity (Wildman–Crippen MR) is 128 cm³/mol. The van der Waals surface area contributed by atoms with Crippen molar-refractivity contribution >= 4 is 28.2 Å². The topological polar surface area (TPSA) is 74.8 Å². The number of carbonyl (C=O) groups is 1. The number of aromatic nitrogens is 2. The third-order valence-corrected chi connectivity index (χ3v) is 6.48. The molecule has 0 amide bonds. The van der Waals surface area contributed by atoms with E-state index in [0.29, 0.717) is 35.1 Å². The van der Waals surface area contributed by atoms with E-state index in [1.165, 1.54) is 18.3 Å². The fraction of sp³-hybridized carbons (Fsp3) is 0.222. The van der Waals surface area contributed by atoms with Gasteiger partial charge in [0, 0.05) is 29.1 Å². The molecule has 0 saturated carbocycles. The van der Waals surface area contributed by atoms with Crippen molar-refractivity contribution in [1.82, 2.24) is 9.97 Å². The number of fused-ring (bicyclic) bond motifs is 3. The largest absolute Gasteiger partial charge is 0.417 e. The van der Waals surface area contributed by atoms with Gasteiger partial charge in [-0.1, -0.05) is 6.07 Å². The van der Waals surface area contributed by atoms with Gasteiger partial charge in [-0.05, 0) is 73.2 Å². The number of rotatable bonds is 5. The average molecular weight is 513 g/mol. The number of alkyl halides is 3. The molecule has 0 spiro atoms. The number of ketones is 1. The lowest BCUT2D eigenvalue weighted by atomic mass is 9.90. The lowest BCUT2D eigenvalue weighted by molar-refractivity contribution is -0.138. The highest BCUT2D eigenvalue weighted by molar-refractivity contribution is 5.99. The van der Waals surface area contributed by atoms with Gasteiger partial charge < -0.3 is 10.3 Å². The Bertz CT molecular complexity index is 1590. The highest BCUT2D eigenvalue weighted by Crippen LogP contribution is 2.34. The summed E-state index contributed by atoms with van der Waals surface area (Å²) in [5.74, 6) is -2.74. The zero-order valence-corrected chi connectivity index (χ0v) is 19.3. The molecule has 0 radical (unpaired) electrons. The van der Waals surface area contributed by atoms with Crippen molar-refractivity contribution in [1.29, 1.82) is 0 Å². The molecule has 2 heterocycles. The molecule has 1 aliphatic carbocycles. The maximum absolute atomic E-state index is 15.0. The Kier molecular flexibility index (Phi) is 6.26. The zero-order chi connectivity index (χ0) is 26.3. The summed E-state index contributed by atoms with van der Waals surface area (Å²) in [6.45, 7) is 0. The van der Waals surface area contributed by atoms with Crippen LogP contribution in [0.5, 0.6) is 0 Å². The Morgan fingerprint density at radius 2 is 1.73 bits per heavy atom. The van der Waals surface area contributed by atoms with Gasteiger partial charge in [0.1, 0.15) is 17.3 Å². The number of H-pyrrole nitrogens is 1. The third-order valence-electron chi connectivity index (χ3n) is 6.48. The Balaban J connectivity index is 1.44. The lowest BCUT2D eigenvalue weighted by Crippen LogP contribution is -2.20. The first kappa shape index (κ1) is 24.6. The van der Waals surface area contributed by atoms with Crippen molar-refractivity contribution in [3.05, 3.63) is 98.5 Å². The number of nitrogens with one attached hydrogen (secondary N) is 2. The molecule has 0 fully saturated rings. The van der Waals surface area contributed by atoms with E-state index in [0.717, 1.165) is 36.6 Å². The highest BCUT2D eigenvalue weighted by Gasteiger charge is 2.35. The van der Waals surface area contributed by atoms with Gasteiger partial charge in [0.2, 0.25) is 0 Å². The fourth-order valence-electron chi connectivity index (χ4n) is 4.77. The first-order valence-corrected chi connectivity index (χ1v) is 11.6. The van der Waals surface area contributed by atoms with Crippen molar-refractivity contribution in [3.8, 4) is 0 Å². The number of benzene rings is 2. The molecule has 4 aromatic rings. The molecule has 0 atom stereocenters. The van der Waals surface area contributed by atoms with Crippen molar-refractivity contribution in [2.24, 2.45) is 0 Å². The number of Topliss-reactive ketones (excluding diaryl/α,β-unsaturated/α-hetero) is 1. The van der Waals surface area contributed by atoms with Crippen LogP contribution in [0.3, 0.4) is 0 Å². The quantitative estimate of drug-likeness (QED) is 0.244. The monoisotopic (exact) mass is 513 g/mol. The fourth-order valence-corrected chi connectivity index (χ4v) is 4.77. The Morgan fingerprint density at radius 1 is 0.973 bits per heavy atom. The minimum Gasteiger partial charge on any atom is -0.352 e. The number of carbonyl (C=O) groups excluding carboxylic acids is 1. The van der Waals surface area contributed by atoms with Crippen LogP contribution in [0, 0.1) is 11.6 Å². The molecule has 2 aromatic carbocycles. The average Bonchev–Trinajstić information content (AvgIpc) is 2.85. The van der Waals surface area contributed by atoms with Crippen LogP contribution in [0.25, 0.3) is 11.0 Å². The summed E-state index contributed by atoms with van der Waals surface area (Å²) in [6.07, 6.45) is -0.758. The van der Waals surface area contributed by atoms with Crippen LogP contribution < -0.4 is 10.9 Å². The molecule has 0 bridgehead atoms. The first-order chi connectivity index (χ1) is 17.6. The van der Waals surface area contributed by atoms with Crippen LogP contribution in [-0.4, -0.2) is 15.8 Å². The van der Waals surface area contributed by atoms with Crippen molar-refractivity contribution < 1.29 is 26.7 Å². The molecule has 5 nitrogen and oxygen atoms in total. The number of hydrogen-bond donors (Lipinski definition) is 2. The molecule has 37 heavy (non-hydrogen) atoms. The van der Waals surface area contributed by atoms with Gasteiger partial charge in [-0.25, -0.2) is 13.8 Å². The molecule has 190 valence electrons. The normalized spacial score (nSPS) is 13.4. The van der Waals surface area contributed by atoms with Crippen LogP contribution in [0.2, 0.25) is 0 Å². The van der Waals surface area contributed by atoms with E-state index in [-0.39, 0.29) is 22.9 Å². The summed E-state index contributed by atoms with van der Waals surface area (Å²) in [4.78, 5) is 32.1. The molecule has 0 unspecified atom stereocenters. The van der Waals surface area contributed by atoms with E-state index in [9.17, 15) is 27.2 Å². The van der Waals surface area contributed by atoms with Crippen LogP contribution in [0.4, 0.5) is 33.3 Å². The van der Waals surface area contributed by atoms with Gasteiger partial charge in [-0.3, -0.25) is 9.59 Å². The number of anilines is 2. The van der Waals surface area contributed by atoms with Gasteiger partial charge in [0.15, 0.2) is 5.78 Å². The second kappa shape index (κ2) is 9.42. The maximum atomic E-state index is 15.0. The molecule has 1 aliphatic rings. The summed E-state index contributed by atoms with van der Waals surface area (Å²) >= 11 is 0. The van der Waals surface area contributed by atoms with Crippen LogP contribution in [-0.2, 0) is 25.4 Å². The number of nitrogens with zero attached hydrogens (tertiary/aromatic N) is 1. The number of hydrogen-bond acceptors (Lipinski definition) is 4. The first-order valence-electron chi connectivity index (χ1n) is 11.6.